The van der Waals surface area contributed by atoms with E-state index >= 15 is 0 Å². The number of esters is 1. The molecule has 1 atom stereocenters. The van der Waals surface area contributed by atoms with Crippen LogP contribution < -0.4 is 10.6 Å². The molecule has 1 saturated carbocycles. The van der Waals surface area contributed by atoms with Crippen molar-refractivity contribution in [2.45, 2.75) is 65.3 Å². The van der Waals surface area contributed by atoms with E-state index in [1.54, 1.807) is 12.3 Å². The predicted molar refractivity (Wildman–Crippen MR) is 104 cm³/mol. The summed E-state index contributed by atoms with van der Waals surface area (Å²) in [7, 11) is 0. The van der Waals surface area contributed by atoms with Gasteiger partial charge >= 0.3 is 5.97 Å². The fourth-order valence-electron chi connectivity index (χ4n) is 3.16. The normalized spacial score (nSPS) is 16.0. The van der Waals surface area contributed by atoms with Crippen molar-refractivity contribution < 1.29 is 19.1 Å². The lowest BCUT2D eigenvalue weighted by Gasteiger charge is -2.26. The van der Waals surface area contributed by atoms with E-state index in [-0.39, 0.29) is 36.0 Å². The first-order valence-corrected chi connectivity index (χ1v) is 10.5. The van der Waals surface area contributed by atoms with E-state index in [0.29, 0.717) is 17.4 Å². The maximum Gasteiger partial charge on any atom is 0.311 e. The topological polar surface area (TPSA) is 97.4 Å². The van der Waals surface area contributed by atoms with Gasteiger partial charge in [0.1, 0.15) is 6.04 Å². The van der Waals surface area contributed by atoms with Crippen molar-refractivity contribution in [3.8, 4) is 0 Å². The van der Waals surface area contributed by atoms with Crippen molar-refractivity contribution >= 4 is 34.3 Å². The Kier molecular flexibility index (Phi) is 8.22. The molecule has 150 valence electrons. The van der Waals surface area contributed by atoms with Crippen LogP contribution in [0, 0.1) is 11.8 Å². The second-order valence-corrected chi connectivity index (χ2v) is 8.04. The molecular weight excluding hydrogens is 366 g/mol. The van der Waals surface area contributed by atoms with Gasteiger partial charge in [0.05, 0.1) is 18.7 Å². The Balaban J connectivity index is 1.93. The van der Waals surface area contributed by atoms with Crippen LogP contribution >= 0.6 is 11.3 Å². The fraction of sp³-hybridized carbons (Fsp3) is 0.684. The molecule has 8 heteroatoms. The summed E-state index contributed by atoms with van der Waals surface area (Å²) in [5, 5.41) is 7.81. The molecule has 1 aliphatic rings. The van der Waals surface area contributed by atoms with Crippen LogP contribution in [0.15, 0.2) is 5.38 Å². The summed E-state index contributed by atoms with van der Waals surface area (Å²) in [5.41, 5.74) is 0.557. The molecule has 2 rings (SSSR count). The Morgan fingerprint density at radius 2 is 1.96 bits per heavy atom. The number of nitrogens with one attached hydrogen (secondary N) is 2. The zero-order valence-electron chi connectivity index (χ0n) is 16.2. The smallest absolute Gasteiger partial charge is 0.311 e. The van der Waals surface area contributed by atoms with Gasteiger partial charge in [-0.3, -0.25) is 14.4 Å². The quantitative estimate of drug-likeness (QED) is 0.660. The molecular formula is C19H29N3O4S. The number of anilines is 1. The van der Waals surface area contributed by atoms with Crippen molar-refractivity contribution in [1.29, 1.82) is 0 Å². The SMILES string of the molecule is CCOC(=O)Cc1csc(NC(=O)[C@H](NC(=O)C2CCCCC2)C(C)C)n1. The lowest BCUT2D eigenvalue weighted by atomic mass is 9.88. The van der Waals surface area contributed by atoms with E-state index in [9.17, 15) is 14.4 Å². The maximum atomic E-state index is 12.7. The van der Waals surface area contributed by atoms with E-state index < -0.39 is 6.04 Å². The van der Waals surface area contributed by atoms with Gasteiger partial charge in [0, 0.05) is 11.3 Å². The number of carbonyl (C=O) groups is 3. The molecule has 27 heavy (non-hydrogen) atoms. The van der Waals surface area contributed by atoms with Crippen LogP contribution in [0.4, 0.5) is 5.13 Å². The summed E-state index contributed by atoms with van der Waals surface area (Å²) in [6, 6.07) is -0.614. The number of amides is 2. The lowest BCUT2D eigenvalue weighted by Crippen LogP contribution is -2.49. The minimum absolute atomic E-state index is 0.00356. The van der Waals surface area contributed by atoms with E-state index in [1.165, 1.54) is 17.8 Å². The first-order valence-electron chi connectivity index (χ1n) is 9.62. The van der Waals surface area contributed by atoms with Crippen LogP contribution in [-0.4, -0.2) is 35.4 Å². The molecule has 0 aromatic carbocycles. The lowest BCUT2D eigenvalue weighted by molar-refractivity contribution is -0.142. The highest BCUT2D eigenvalue weighted by molar-refractivity contribution is 7.13. The Hall–Kier alpha value is -1.96. The second-order valence-electron chi connectivity index (χ2n) is 7.18. The number of carbonyl (C=O) groups excluding carboxylic acids is 3. The van der Waals surface area contributed by atoms with E-state index in [1.807, 2.05) is 13.8 Å². The summed E-state index contributed by atoms with van der Waals surface area (Å²) in [6.45, 7) is 5.88. The average Bonchev–Trinajstić information content (AvgIpc) is 3.06. The summed E-state index contributed by atoms with van der Waals surface area (Å²) < 4.78 is 4.90. The molecule has 1 aromatic heterocycles. The van der Waals surface area contributed by atoms with Gasteiger partial charge in [-0.25, -0.2) is 4.98 Å². The summed E-state index contributed by atoms with van der Waals surface area (Å²) in [5.74, 6) is -0.710. The number of hydrogen-bond acceptors (Lipinski definition) is 6. The number of thiazole rings is 1. The Morgan fingerprint density at radius 3 is 2.59 bits per heavy atom. The van der Waals surface area contributed by atoms with Crippen molar-refractivity contribution in [2.24, 2.45) is 11.8 Å². The van der Waals surface area contributed by atoms with Crippen molar-refractivity contribution in [3.05, 3.63) is 11.1 Å². The maximum absolute atomic E-state index is 12.7. The summed E-state index contributed by atoms with van der Waals surface area (Å²) >= 11 is 1.25. The van der Waals surface area contributed by atoms with Gasteiger partial charge in [-0.05, 0) is 25.7 Å². The highest BCUT2D eigenvalue weighted by Gasteiger charge is 2.29. The summed E-state index contributed by atoms with van der Waals surface area (Å²) in [6.07, 6.45) is 5.17. The summed E-state index contributed by atoms with van der Waals surface area (Å²) in [4.78, 5) is 40.9. The van der Waals surface area contributed by atoms with Crippen molar-refractivity contribution in [3.63, 3.8) is 0 Å². The van der Waals surface area contributed by atoms with E-state index in [0.717, 1.165) is 25.7 Å². The first kappa shape index (κ1) is 21.3. The molecule has 0 radical (unpaired) electrons. The third-order valence-electron chi connectivity index (χ3n) is 4.64. The van der Waals surface area contributed by atoms with Crippen molar-refractivity contribution in [1.82, 2.24) is 10.3 Å². The molecule has 0 spiro atoms. The molecule has 1 heterocycles. The van der Waals surface area contributed by atoms with Crippen molar-refractivity contribution in [2.75, 3.05) is 11.9 Å². The third kappa shape index (κ3) is 6.61. The molecule has 0 bridgehead atoms. The Labute approximate surface area is 164 Å². The minimum Gasteiger partial charge on any atom is -0.466 e. The fourth-order valence-corrected chi connectivity index (χ4v) is 3.87. The van der Waals surface area contributed by atoms with Crippen LogP contribution in [0.1, 0.15) is 58.6 Å². The Bertz CT molecular complexity index is 653. The molecule has 0 aliphatic heterocycles. The standard InChI is InChI=1S/C19H29N3O4S/c1-4-26-15(23)10-14-11-27-19(20-14)22-18(25)16(12(2)3)21-17(24)13-8-6-5-7-9-13/h11-13,16H,4-10H2,1-3H3,(H,21,24)(H,20,22,25)/t16-/m1/s1. The number of rotatable bonds is 8. The molecule has 1 aromatic rings. The van der Waals surface area contributed by atoms with Gasteiger partial charge < -0.3 is 15.4 Å². The zero-order valence-corrected chi connectivity index (χ0v) is 17.1. The minimum atomic E-state index is -0.614. The predicted octanol–water partition coefficient (Wildman–Crippen LogP) is 2.91. The van der Waals surface area contributed by atoms with Crippen LogP contribution in [-0.2, 0) is 25.5 Å². The Morgan fingerprint density at radius 1 is 1.26 bits per heavy atom. The molecule has 0 unspecified atom stereocenters. The zero-order chi connectivity index (χ0) is 19.8. The molecule has 1 aliphatic carbocycles. The highest BCUT2D eigenvalue weighted by Crippen LogP contribution is 2.24. The van der Waals surface area contributed by atoms with Gasteiger partial charge in [0.25, 0.3) is 0 Å². The monoisotopic (exact) mass is 395 g/mol. The third-order valence-corrected chi connectivity index (χ3v) is 5.44. The number of aromatic nitrogens is 1. The van der Waals surface area contributed by atoms with Crippen LogP contribution in [0.5, 0.6) is 0 Å². The number of nitrogens with zero attached hydrogens (tertiary/aromatic N) is 1. The second kappa shape index (κ2) is 10.4. The van der Waals surface area contributed by atoms with E-state index in [2.05, 4.69) is 15.6 Å². The molecule has 2 N–H and O–H groups in total. The highest BCUT2D eigenvalue weighted by atomic mass is 32.1. The van der Waals surface area contributed by atoms with Gasteiger partial charge in [-0.15, -0.1) is 11.3 Å². The van der Waals surface area contributed by atoms with Crippen LogP contribution in [0.25, 0.3) is 0 Å². The molecule has 1 fully saturated rings. The number of hydrogen-bond donors (Lipinski definition) is 2. The molecule has 7 nitrogen and oxygen atoms in total. The average molecular weight is 396 g/mol. The van der Waals surface area contributed by atoms with Gasteiger partial charge in [0.2, 0.25) is 11.8 Å². The largest absolute Gasteiger partial charge is 0.466 e. The van der Waals surface area contributed by atoms with Crippen LogP contribution in [0.3, 0.4) is 0 Å². The number of ether oxygens (including phenoxy) is 1. The first-order chi connectivity index (χ1) is 12.9. The van der Waals surface area contributed by atoms with Gasteiger partial charge in [-0.2, -0.15) is 0 Å². The van der Waals surface area contributed by atoms with E-state index in [4.69, 9.17) is 4.74 Å². The molecule has 0 saturated heterocycles. The van der Waals surface area contributed by atoms with Gasteiger partial charge in [0.15, 0.2) is 5.13 Å². The molecule has 2 amide bonds. The van der Waals surface area contributed by atoms with Gasteiger partial charge in [-0.1, -0.05) is 33.1 Å². The van der Waals surface area contributed by atoms with Crippen LogP contribution in [0.2, 0.25) is 0 Å².